The second-order valence-electron chi connectivity index (χ2n) is 9.81. The van der Waals surface area contributed by atoms with Crippen LogP contribution in [0, 0.1) is 11.8 Å². The molecule has 1 aliphatic heterocycles. The zero-order valence-electron chi connectivity index (χ0n) is 19.4. The zero-order valence-corrected chi connectivity index (χ0v) is 19.4. The first-order chi connectivity index (χ1) is 16.0. The zero-order chi connectivity index (χ0) is 23.1. The number of likely N-dealkylation sites (tertiary alicyclic amines) is 1. The molecule has 33 heavy (non-hydrogen) atoms. The van der Waals surface area contributed by atoms with Gasteiger partial charge in [0.2, 0.25) is 5.91 Å². The van der Waals surface area contributed by atoms with Gasteiger partial charge in [-0.15, -0.1) is 0 Å². The Labute approximate surface area is 194 Å². The lowest BCUT2D eigenvalue weighted by atomic mass is 9.71. The molecule has 3 heterocycles. The normalized spacial score (nSPS) is 23.9. The molecule has 2 fully saturated rings. The molecule has 1 N–H and O–H groups in total. The largest absolute Gasteiger partial charge is 0.481 e. The summed E-state index contributed by atoms with van der Waals surface area (Å²) in [5, 5.41) is 10.8. The molecule has 0 bridgehead atoms. The van der Waals surface area contributed by atoms with Crippen LogP contribution in [0.2, 0.25) is 0 Å². The first-order valence-corrected chi connectivity index (χ1v) is 12.1. The second kappa shape index (κ2) is 8.73. The summed E-state index contributed by atoms with van der Waals surface area (Å²) in [5.74, 6) is 0.0891. The standard InChI is InChI=1S/C27H32N2O4/c1-17(15-25(30)29-13-5-9-18-19(27(31)32)7-3-10-22(18)29)21-16-28(2)23-11-4-8-20(26(21)23)24-12-6-14-33-24/h4,6,8,11-12,14,16-19,22H,3,5,7,9-10,13,15H2,1-2H3,(H,31,32). The van der Waals surface area contributed by atoms with Gasteiger partial charge in [-0.2, -0.15) is 0 Å². The van der Waals surface area contributed by atoms with Crippen molar-refractivity contribution >= 4 is 22.8 Å². The van der Waals surface area contributed by atoms with Crippen molar-refractivity contribution in [1.29, 1.82) is 0 Å². The van der Waals surface area contributed by atoms with Gasteiger partial charge in [0.05, 0.1) is 12.2 Å². The first-order valence-electron chi connectivity index (χ1n) is 12.1. The van der Waals surface area contributed by atoms with Crippen molar-refractivity contribution in [2.45, 2.75) is 57.4 Å². The van der Waals surface area contributed by atoms with Crippen LogP contribution in [-0.4, -0.2) is 39.0 Å². The van der Waals surface area contributed by atoms with Gasteiger partial charge in [-0.1, -0.05) is 25.5 Å². The summed E-state index contributed by atoms with van der Waals surface area (Å²) in [5.41, 5.74) is 3.31. The predicted octanol–water partition coefficient (Wildman–Crippen LogP) is 5.42. The number of carboxylic acids is 1. The molecule has 0 spiro atoms. The Bertz CT molecular complexity index is 1160. The minimum absolute atomic E-state index is 0.0385. The number of benzene rings is 1. The molecule has 6 heteroatoms. The molecular weight excluding hydrogens is 416 g/mol. The maximum Gasteiger partial charge on any atom is 0.306 e. The van der Waals surface area contributed by atoms with Crippen LogP contribution in [0.4, 0.5) is 0 Å². The third kappa shape index (κ3) is 3.85. The van der Waals surface area contributed by atoms with Crippen LogP contribution in [0.15, 0.2) is 47.2 Å². The van der Waals surface area contributed by atoms with Gasteiger partial charge in [0.15, 0.2) is 0 Å². The lowest BCUT2D eigenvalue weighted by Crippen LogP contribution is -2.53. The third-order valence-electron chi connectivity index (χ3n) is 7.84. The fourth-order valence-electron chi connectivity index (χ4n) is 6.28. The number of carboxylic acid groups (broad SMARTS) is 1. The van der Waals surface area contributed by atoms with E-state index in [1.807, 2.05) is 30.1 Å². The SMILES string of the molecule is CC(CC(=O)N1CCCC2C(C(=O)O)CCCC21)c1cn(C)c2cccc(-c3ccco3)c12. The predicted molar refractivity (Wildman–Crippen MR) is 127 cm³/mol. The summed E-state index contributed by atoms with van der Waals surface area (Å²) >= 11 is 0. The van der Waals surface area contributed by atoms with Crippen LogP contribution in [0.25, 0.3) is 22.2 Å². The topological polar surface area (TPSA) is 75.7 Å². The van der Waals surface area contributed by atoms with Crippen molar-refractivity contribution in [3.8, 4) is 11.3 Å². The number of fused-ring (bicyclic) bond motifs is 2. The van der Waals surface area contributed by atoms with E-state index in [9.17, 15) is 14.7 Å². The van der Waals surface area contributed by atoms with E-state index in [-0.39, 0.29) is 29.7 Å². The molecule has 6 nitrogen and oxygen atoms in total. The van der Waals surface area contributed by atoms with E-state index in [0.717, 1.165) is 66.4 Å². The van der Waals surface area contributed by atoms with Gasteiger partial charge in [-0.3, -0.25) is 9.59 Å². The number of amides is 1. The van der Waals surface area contributed by atoms with E-state index in [1.165, 1.54) is 0 Å². The number of furan rings is 1. The molecule has 1 saturated carbocycles. The molecule has 4 unspecified atom stereocenters. The Morgan fingerprint density at radius 1 is 1.15 bits per heavy atom. The number of piperidine rings is 1. The molecule has 2 aliphatic rings. The highest BCUT2D eigenvalue weighted by molar-refractivity contribution is 5.97. The molecule has 5 rings (SSSR count). The Morgan fingerprint density at radius 3 is 2.76 bits per heavy atom. The summed E-state index contributed by atoms with van der Waals surface area (Å²) in [6.45, 7) is 2.86. The van der Waals surface area contributed by atoms with Crippen molar-refractivity contribution < 1.29 is 19.1 Å². The van der Waals surface area contributed by atoms with Crippen LogP contribution in [0.5, 0.6) is 0 Å². The summed E-state index contributed by atoms with van der Waals surface area (Å²) in [7, 11) is 2.04. The number of carbonyl (C=O) groups is 2. The van der Waals surface area contributed by atoms with Gasteiger partial charge in [-0.25, -0.2) is 0 Å². The molecule has 4 atom stereocenters. The third-order valence-corrected chi connectivity index (χ3v) is 7.84. The van der Waals surface area contributed by atoms with Crippen molar-refractivity contribution in [1.82, 2.24) is 9.47 Å². The van der Waals surface area contributed by atoms with E-state index in [4.69, 9.17) is 4.42 Å². The number of hydrogen-bond acceptors (Lipinski definition) is 3. The van der Waals surface area contributed by atoms with Gasteiger partial charge in [0.1, 0.15) is 5.76 Å². The summed E-state index contributed by atoms with van der Waals surface area (Å²) in [6.07, 6.45) is 8.59. The molecule has 1 saturated heterocycles. The Hall–Kier alpha value is -3.02. The molecule has 1 aromatic carbocycles. The summed E-state index contributed by atoms with van der Waals surface area (Å²) in [4.78, 5) is 27.3. The van der Waals surface area contributed by atoms with Crippen LogP contribution in [-0.2, 0) is 16.6 Å². The number of hydrogen-bond donors (Lipinski definition) is 1. The van der Waals surface area contributed by atoms with Crippen LogP contribution >= 0.6 is 0 Å². The van der Waals surface area contributed by atoms with Gasteiger partial charge in [0, 0.05) is 48.7 Å². The van der Waals surface area contributed by atoms with E-state index < -0.39 is 5.97 Å². The molecular formula is C27H32N2O4. The highest BCUT2D eigenvalue weighted by Gasteiger charge is 2.43. The van der Waals surface area contributed by atoms with Crippen LogP contribution < -0.4 is 0 Å². The van der Waals surface area contributed by atoms with Crippen LogP contribution in [0.1, 0.15) is 56.9 Å². The fraction of sp³-hybridized carbons (Fsp3) is 0.481. The van der Waals surface area contributed by atoms with Crippen molar-refractivity contribution in [2.75, 3.05) is 6.54 Å². The Morgan fingerprint density at radius 2 is 2.00 bits per heavy atom. The molecule has 0 radical (unpaired) electrons. The second-order valence-corrected chi connectivity index (χ2v) is 9.81. The summed E-state index contributed by atoms with van der Waals surface area (Å²) < 4.78 is 7.82. The number of aliphatic carboxylic acids is 1. The van der Waals surface area contributed by atoms with Gasteiger partial charge in [0.25, 0.3) is 0 Å². The fourth-order valence-corrected chi connectivity index (χ4v) is 6.28. The van der Waals surface area contributed by atoms with Gasteiger partial charge < -0.3 is 19.0 Å². The first kappa shape index (κ1) is 21.8. The average molecular weight is 449 g/mol. The number of aromatic nitrogens is 1. The van der Waals surface area contributed by atoms with E-state index in [1.54, 1.807) is 6.26 Å². The van der Waals surface area contributed by atoms with E-state index in [0.29, 0.717) is 6.42 Å². The smallest absolute Gasteiger partial charge is 0.306 e. The van der Waals surface area contributed by atoms with Gasteiger partial charge >= 0.3 is 5.97 Å². The highest BCUT2D eigenvalue weighted by Crippen LogP contribution is 2.41. The lowest BCUT2D eigenvalue weighted by Gasteiger charge is -2.46. The van der Waals surface area contributed by atoms with E-state index >= 15 is 0 Å². The van der Waals surface area contributed by atoms with Crippen molar-refractivity contribution in [3.63, 3.8) is 0 Å². The summed E-state index contributed by atoms with van der Waals surface area (Å²) in [6, 6.07) is 10.1. The lowest BCUT2D eigenvalue weighted by molar-refractivity contribution is -0.152. The Balaban J connectivity index is 1.41. The van der Waals surface area contributed by atoms with E-state index in [2.05, 4.69) is 29.8 Å². The minimum Gasteiger partial charge on any atom is -0.481 e. The average Bonchev–Trinajstić information content (AvgIpc) is 3.46. The minimum atomic E-state index is -0.700. The number of rotatable bonds is 5. The number of carbonyl (C=O) groups excluding carboxylic acids is 1. The molecule has 174 valence electrons. The number of nitrogens with zero attached hydrogens (tertiary/aromatic N) is 2. The molecule has 3 aromatic rings. The van der Waals surface area contributed by atoms with Gasteiger partial charge in [-0.05, 0) is 61.3 Å². The molecule has 1 amide bonds. The van der Waals surface area contributed by atoms with Crippen molar-refractivity contribution in [3.05, 3.63) is 48.4 Å². The van der Waals surface area contributed by atoms with Crippen LogP contribution in [0.3, 0.4) is 0 Å². The highest BCUT2D eigenvalue weighted by atomic mass is 16.4. The quantitative estimate of drug-likeness (QED) is 0.565. The maximum absolute atomic E-state index is 13.5. The monoisotopic (exact) mass is 448 g/mol. The Kier molecular flexibility index (Phi) is 5.77. The molecule has 2 aromatic heterocycles. The molecule has 1 aliphatic carbocycles. The van der Waals surface area contributed by atoms with Crippen molar-refractivity contribution in [2.24, 2.45) is 18.9 Å². The number of aryl methyl sites for hydroxylation is 1. The maximum atomic E-state index is 13.5.